The molecule has 2 heterocycles. The summed E-state index contributed by atoms with van der Waals surface area (Å²) in [7, 11) is 4.11. The summed E-state index contributed by atoms with van der Waals surface area (Å²) in [6, 6.07) is 17.2. The van der Waals surface area contributed by atoms with Crippen LogP contribution in [0.2, 0.25) is 0 Å². The summed E-state index contributed by atoms with van der Waals surface area (Å²) in [5, 5.41) is 0. The Balaban J connectivity index is 1.58. The maximum absolute atomic E-state index is 6.36. The minimum absolute atomic E-state index is 0.0994. The highest BCUT2D eigenvalue weighted by molar-refractivity contribution is 5.68. The maximum Gasteiger partial charge on any atom is 0.170 e. The molecule has 0 saturated carbocycles. The van der Waals surface area contributed by atoms with E-state index in [1.54, 1.807) is 0 Å². The fourth-order valence-electron chi connectivity index (χ4n) is 4.37. The van der Waals surface area contributed by atoms with E-state index in [2.05, 4.69) is 111 Å². The van der Waals surface area contributed by atoms with Crippen LogP contribution in [0.3, 0.4) is 0 Å². The van der Waals surface area contributed by atoms with Crippen molar-refractivity contribution in [3.05, 3.63) is 77.9 Å². The lowest BCUT2D eigenvalue weighted by molar-refractivity contribution is -0.000291. The molecule has 140 valence electrons. The Labute approximate surface area is 162 Å². The molecule has 3 heteroatoms. The highest BCUT2D eigenvalue weighted by Crippen LogP contribution is 2.54. The number of fused-ring (bicyclic) bond motifs is 3. The zero-order valence-corrected chi connectivity index (χ0v) is 16.6. The van der Waals surface area contributed by atoms with Crippen LogP contribution in [0.15, 0.2) is 66.8 Å². The molecule has 27 heavy (non-hydrogen) atoms. The third-order valence-electron chi connectivity index (χ3n) is 5.93. The molecule has 1 fully saturated rings. The molecule has 0 aromatic heterocycles. The van der Waals surface area contributed by atoms with Gasteiger partial charge in [0.1, 0.15) is 0 Å². The van der Waals surface area contributed by atoms with Crippen LogP contribution in [0, 0.1) is 0 Å². The standard InChI is InChI=1S/C24H28N2O/c1-23(2)21-10-5-6-11-22(21)26-17-18-27-24(23,26)16-8-7-9-19-12-14-20(15-13-19)25(3)4/h5-16H,17-18H2,1-4H3. The van der Waals surface area contributed by atoms with Gasteiger partial charge < -0.3 is 14.5 Å². The van der Waals surface area contributed by atoms with Crippen LogP contribution in [0.5, 0.6) is 0 Å². The van der Waals surface area contributed by atoms with Crippen LogP contribution >= 0.6 is 0 Å². The molecule has 1 atom stereocenters. The smallest absolute Gasteiger partial charge is 0.170 e. The van der Waals surface area contributed by atoms with Gasteiger partial charge in [0, 0.05) is 37.4 Å². The van der Waals surface area contributed by atoms with Gasteiger partial charge >= 0.3 is 0 Å². The van der Waals surface area contributed by atoms with Gasteiger partial charge in [-0.15, -0.1) is 0 Å². The topological polar surface area (TPSA) is 15.7 Å². The van der Waals surface area contributed by atoms with Gasteiger partial charge in [-0.1, -0.05) is 62.4 Å². The van der Waals surface area contributed by atoms with E-state index in [1.807, 2.05) is 0 Å². The average molecular weight is 361 g/mol. The van der Waals surface area contributed by atoms with E-state index < -0.39 is 5.72 Å². The molecule has 0 radical (unpaired) electrons. The Morgan fingerprint density at radius 2 is 1.74 bits per heavy atom. The van der Waals surface area contributed by atoms with Gasteiger partial charge in [-0.3, -0.25) is 0 Å². The lowest BCUT2D eigenvalue weighted by atomic mass is 9.77. The van der Waals surface area contributed by atoms with E-state index in [1.165, 1.54) is 22.5 Å². The predicted molar refractivity (Wildman–Crippen MR) is 114 cm³/mol. The summed E-state index contributed by atoms with van der Waals surface area (Å²) in [5.41, 5.74) is 4.56. The van der Waals surface area contributed by atoms with Crippen LogP contribution in [0.4, 0.5) is 11.4 Å². The van der Waals surface area contributed by atoms with Gasteiger partial charge in [0.25, 0.3) is 0 Å². The number of anilines is 2. The molecule has 0 amide bonds. The zero-order chi connectivity index (χ0) is 19.1. The molecule has 2 aromatic rings. The van der Waals surface area contributed by atoms with Crippen LogP contribution in [-0.4, -0.2) is 33.0 Å². The first-order chi connectivity index (χ1) is 13.0. The predicted octanol–water partition coefficient (Wildman–Crippen LogP) is 4.85. The molecule has 0 N–H and O–H groups in total. The second-order valence-electron chi connectivity index (χ2n) is 8.04. The second-order valence-corrected chi connectivity index (χ2v) is 8.04. The van der Waals surface area contributed by atoms with E-state index in [4.69, 9.17) is 4.74 Å². The first kappa shape index (κ1) is 17.9. The van der Waals surface area contributed by atoms with E-state index in [0.717, 1.165) is 13.2 Å². The van der Waals surface area contributed by atoms with E-state index in [-0.39, 0.29) is 5.41 Å². The fraction of sp³-hybridized carbons (Fsp3) is 0.333. The van der Waals surface area contributed by atoms with E-state index in [9.17, 15) is 0 Å². The molecule has 2 aromatic carbocycles. The van der Waals surface area contributed by atoms with Gasteiger partial charge in [0.05, 0.1) is 6.61 Å². The zero-order valence-electron chi connectivity index (χ0n) is 16.6. The largest absolute Gasteiger partial charge is 0.378 e. The van der Waals surface area contributed by atoms with Crippen LogP contribution < -0.4 is 9.80 Å². The highest BCUT2D eigenvalue weighted by Gasteiger charge is 2.58. The molecule has 4 rings (SSSR count). The molecule has 3 nitrogen and oxygen atoms in total. The molecular formula is C24H28N2O. The minimum atomic E-state index is -0.407. The Morgan fingerprint density at radius 1 is 1.00 bits per heavy atom. The van der Waals surface area contributed by atoms with E-state index >= 15 is 0 Å². The first-order valence-corrected chi connectivity index (χ1v) is 9.60. The summed E-state index contributed by atoms with van der Waals surface area (Å²) in [4.78, 5) is 4.52. The third kappa shape index (κ3) is 2.78. The molecular weight excluding hydrogens is 332 g/mol. The van der Waals surface area contributed by atoms with Crippen molar-refractivity contribution in [3.8, 4) is 0 Å². The number of allylic oxidation sites excluding steroid dienone is 2. The quantitative estimate of drug-likeness (QED) is 0.725. The van der Waals surface area contributed by atoms with Crippen molar-refractivity contribution in [2.45, 2.75) is 25.0 Å². The SMILES string of the molecule is CN(C)c1ccc(C=CC=CC23OCCN2c2ccccc2C3(C)C)cc1. The number of para-hydroxylation sites is 1. The Bertz CT molecular complexity index is 880. The van der Waals surface area contributed by atoms with Crippen molar-refractivity contribution < 1.29 is 4.74 Å². The van der Waals surface area contributed by atoms with Gasteiger partial charge in [0.15, 0.2) is 5.72 Å². The highest BCUT2D eigenvalue weighted by atomic mass is 16.5. The van der Waals surface area contributed by atoms with Gasteiger partial charge in [-0.05, 0) is 35.4 Å². The summed E-state index contributed by atoms with van der Waals surface area (Å²) in [6.07, 6.45) is 8.61. The van der Waals surface area contributed by atoms with Crippen LogP contribution in [0.25, 0.3) is 6.08 Å². The third-order valence-corrected chi connectivity index (χ3v) is 5.93. The van der Waals surface area contributed by atoms with Crippen LogP contribution in [0.1, 0.15) is 25.0 Å². The number of nitrogens with zero attached hydrogens (tertiary/aromatic N) is 2. The normalized spacial score (nSPS) is 23.2. The summed E-state index contributed by atoms with van der Waals surface area (Å²) >= 11 is 0. The number of rotatable bonds is 4. The number of ether oxygens (including phenoxy) is 1. The first-order valence-electron chi connectivity index (χ1n) is 9.60. The number of hydrogen-bond acceptors (Lipinski definition) is 3. The fourth-order valence-corrected chi connectivity index (χ4v) is 4.37. The lowest BCUT2D eigenvalue weighted by Crippen LogP contribution is -2.51. The number of benzene rings is 2. The van der Waals surface area contributed by atoms with Crippen molar-refractivity contribution >= 4 is 17.5 Å². The van der Waals surface area contributed by atoms with Crippen LogP contribution in [-0.2, 0) is 10.2 Å². The monoisotopic (exact) mass is 360 g/mol. The van der Waals surface area contributed by atoms with Crippen molar-refractivity contribution in [1.82, 2.24) is 0 Å². The molecule has 0 aliphatic carbocycles. The van der Waals surface area contributed by atoms with Gasteiger partial charge in [0.2, 0.25) is 0 Å². The molecule has 2 aliphatic rings. The van der Waals surface area contributed by atoms with Crippen molar-refractivity contribution in [1.29, 1.82) is 0 Å². The molecule has 1 saturated heterocycles. The number of hydrogen-bond donors (Lipinski definition) is 0. The van der Waals surface area contributed by atoms with Crippen molar-refractivity contribution in [2.75, 3.05) is 37.0 Å². The summed E-state index contributed by atoms with van der Waals surface area (Å²) in [5.74, 6) is 0. The van der Waals surface area contributed by atoms with Gasteiger partial charge in [-0.25, -0.2) is 0 Å². The Hall–Kier alpha value is -2.52. The molecule has 0 spiro atoms. The minimum Gasteiger partial charge on any atom is -0.378 e. The Morgan fingerprint density at radius 3 is 2.48 bits per heavy atom. The molecule has 0 bridgehead atoms. The second kappa shape index (κ2) is 6.58. The average Bonchev–Trinajstić information content (AvgIpc) is 3.17. The summed E-state index contributed by atoms with van der Waals surface area (Å²) in [6.45, 7) is 6.26. The Kier molecular flexibility index (Phi) is 4.35. The summed E-state index contributed by atoms with van der Waals surface area (Å²) < 4.78 is 6.36. The maximum atomic E-state index is 6.36. The van der Waals surface area contributed by atoms with Gasteiger partial charge in [-0.2, -0.15) is 0 Å². The van der Waals surface area contributed by atoms with E-state index in [0.29, 0.717) is 0 Å². The lowest BCUT2D eigenvalue weighted by Gasteiger charge is -2.39. The van der Waals surface area contributed by atoms with Crippen molar-refractivity contribution in [2.24, 2.45) is 0 Å². The molecule has 1 unspecified atom stereocenters. The molecule has 2 aliphatic heterocycles. The van der Waals surface area contributed by atoms with Crippen molar-refractivity contribution in [3.63, 3.8) is 0 Å².